The minimum Gasteiger partial charge on any atom is -0.308 e. The Balaban J connectivity index is 2.02. The molecule has 9 heteroatoms. The van der Waals surface area contributed by atoms with E-state index in [2.05, 4.69) is 10.6 Å². The first-order valence-electron chi connectivity index (χ1n) is 6.73. The molecule has 0 radical (unpaired) electrons. The Kier molecular flexibility index (Phi) is 5.42. The molecule has 2 aromatic rings. The Morgan fingerprint density at radius 1 is 0.875 bits per heavy atom. The van der Waals surface area contributed by atoms with Gasteiger partial charge in [-0.05, 0) is 48.5 Å². The van der Waals surface area contributed by atoms with Crippen molar-refractivity contribution < 1.29 is 18.0 Å². The third kappa shape index (κ3) is 4.97. The van der Waals surface area contributed by atoms with Crippen LogP contribution in [-0.2, 0) is 14.8 Å². The SMILES string of the molecule is CC(=O)NS(=O)(=O)c1ccc(NC(=O)Nc2ccc(Cl)cc2)cc1. The van der Waals surface area contributed by atoms with E-state index in [0.717, 1.165) is 6.92 Å². The van der Waals surface area contributed by atoms with E-state index in [4.69, 9.17) is 11.6 Å². The second kappa shape index (κ2) is 7.33. The van der Waals surface area contributed by atoms with Crippen LogP contribution in [0.1, 0.15) is 6.92 Å². The van der Waals surface area contributed by atoms with Crippen molar-refractivity contribution in [2.24, 2.45) is 0 Å². The number of hydrogen-bond donors (Lipinski definition) is 3. The third-order valence-electron chi connectivity index (χ3n) is 2.80. The van der Waals surface area contributed by atoms with Crippen LogP contribution in [0.15, 0.2) is 53.4 Å². The Morgan fingerprint density at radius 3 is 1.79 bits per heavy atom. The van der Waals surface area contributed by atoms with E-state index in [-0.39, 0.29) is 4.90 Å². The maximum Gasteiger partial charge on any atom is 0.323 e. The molecule has 0 aromatic heterocycles. The van der Waals surface area contributed by atoms with Crippen molar-refractivity contribution in [1.82, 2.24) is 4.72 Å². The summed E-state index contributed by atoms with van der Waals surface area (Å²) in [6, 6.07) is 11.5. The summed E-state index contributed by atoms with van der Waals surface area (Å²) in [7, 11) is -3.90. The minimum atomic E-state index is -3.90. The molecule has 7 nitrogen and oxygen atoms in total. The third-order valence-corrected chi connectivity index (χ3v) is 4.50. The molecule has 3 amide bonds. The number of nitrogens with one attached hydrogen (secondary N) is 3. The van der Waals surface area contributed by atoms with Gasteiger partial charge in [0.15, 0.2) is 0 Å². The molecule has 0 bridgehead atoms. The van der Waals surface area contributed by atoms with Crippen molar-refractivity contribution in [2.45, 2.75) is 11.8 Å². The highest BCUT2D eigenvalue weighted by atomic mass is 35.5. The molecule has 0 atom stereocenters. The van der Waals surface area contributed by atoms with Gasteiger partial charge in [0.25, 0.3) is 10.0 Å². The van der Waals surface area contributed by atoms with Gasteiger partial charge in [-0.25, -0.2) is 17.9 Å². The summed E-state index contributed by atoms with van der Waals surface area (Å²) >= 11 is 5.76. The first kappa shape index (κ1) is 17.8. The average Bonchev–Trinajstić information content (AvgIpc) is 2.49. The van der Waals surface area contributed by atoms with Gasteiger partial charge in [0.1, 0.15) is 0 Å². The van der Waals surface area contributed by atoms with Crippen LogP contribution in [0.2, 0.25) is 5.02 Å². The lowest BCUT2D eigenvalue weighted by Gasteiger charge is -2.09. The summed E-state index contributed by atoms with van der Waals surface area (Å²) in [6.45, 7) is 1.11. The number of carbonyl (C=O) groups is 2. The number of hydrogen-bond acceptors (Lipinski definition) is 4. The van der Waals surface area contributed by atoms with Crippen LogP contribution in [0.25, 0.3) is 0 Å². The summed E-state index contributed by atoms with van der Waals surface area (Å²) in [5.41, 5.74) is 0.949. The van der Waals surface area contributed by atoms with E-state index in [1.165, 1.54) is 24.3 Å². The van der Waals surface area contributed by atoms with Gasteiger partial charge >= 0.3 is 6.03 Å². The van der Waals surface area contributed by atoms with Crippen molar-refractivity contribution in [1.29, 1.82) is 0 Å². The van der Waals surface area contributed by atoms with E-state index >= 15 is 0 Å². The second-order valence-electron chi connectivity index (χ2n) is 4.77. The van der Waals surface area contributed by atoms with Gasteiger partial charge < -0.3 is 10.6 Å². The van der Waals surface area contributed by atoms with Crippen molar-refractivity contribution in [3.63, 3.8) is 0 Å². The maximum absolute atomic E-state index is 11.9. The Labute approximate surface area is 144 Å². The summed E-state index contributed by atoms with van der Waals surface area (Å²) in [5, 5.41) is 5.72. The van der Waals surface area contributed by atoms with Gasteiger partial charge in [0.05, 0.1) is 4.90 Å². The number of halogens is 1. The molecule has 24 heavy (non-hydrogen) atoms. The predicted octanol–water partition coefficient (Wildman–Crippen LogP) is 2.81. The van der Waals surface area contributed by atoms with E-state index in [1.54, 1.807) is 24.3 Å². The Hall–Kier alpha value is -2.58. The lowest BCUT2D eigenvalue weighted by Crippen LogP contribution is -2.28. The van der Waals surface area contributed by atoms with E-state index < -0.39 is 22.0 Å². The van der Waals surface area contributed by atoms with Crippen molar-refractivity contribution in [3.05, 3.63) is 53.6 Å². The number of urea groups is 1. The van der Waals surface area contributed by atoms with Crippen molar-refractivity contribution in [3.8, 4) is 0 Å². The zero-order valence-corrected chi connectivity index (χ0v) is 14.1. The van der Waals surface area contributed by atoms with Crippen molar-refractivity contribution >= 4 is 44.9 Å². The molecule has 2 rings (SSSR count). The molecule has 0 fully saturated rings. The van der Waals surface area contributed by atoms with E-state index in [9.17, 15) is 18.0 Å². The normalized spacial score (nSPS) is 10.8. The highest BCUT2D eigenvalue weighted by Crippen LogP contribution is 2.16. The predicted molar refractivity (Wildman–Crippen MR) is 91.5 cm³/mol. The Morgan fingerprint density at radius 2 is 1.33 bits per heavy atom. The molecule has 0 heterocycles. The molecule has 126 valence electrons. The van der Waals surface area contributed by atoms with E-state index in [1.807, 2.05) is 4.72 Å². The molecule has 0 aliphatic heterocycles. The number of anilines is 2. The van der Waals surface area contributed by atoms with Gasteiger partial charge in [-0.2, -0.15) is 0 Å². The number of carbonyl (C=O) groups excluding carboxylic acids is 2. The summed E-state index contributed by atoms with van der Waals surface area (Å²) in [6.07, 6.45) is 0. The zero-order valence-electron chi connectivity index (χ0n) is 12.5. The summed E-state index contributed by atoms with van der Waals surface area (Å²) in [5.74, 6) is -0.681. The molecule has 0 saturated heterocycles. The van der Waals surface area contributed by atoms with Crippen molar-refractivity contribution in [2.75, 3.05) is 10.6 Å². The van der Waals surface area contributed by atoms with Gasteiger partial charge in [0.2, 0.25) is 5.91 Å². The average molecular weight is 368 g/mol. The Bertz CT molecular complexity index is 849. The number of sulfonamides is 1. The molecule has 3 N–H and O–H groups in total. The first-order chi connectivity index (χ1) is 11.3. The lowest BCUT2D eigenvalue weighted by molar-refractivity contribution is -0.117. The van der Waals surface area contributed by atoms with Crippen LogP contribution >= 0.6 is 11.6 Å². The van der Waals surface area contributed by atoms with Crippen LogP contribution in [0.5, 0.6) is 0 Å². The standard InChI is InChI=1S/C15H14ClN3O4S/c1-10(20)19-24(22,23)14-8-6-13(7-9-14)18-15(21)17-12-4-2-11(16)3-5-12/h2-9H,1H3,(H,19,20)(H2,17,18,21). The molecule has 0 aliphatic rings. The number of benzene rings is 2. The van der Waals surface area contributed by atoms with Crippen LogP contribution in [0, 0.1) is 0 Å². The minimum absolute atomic E-state index is 0.0821. The van der Waals surface area contributed by atoms with Crippen LogP contribution in [-0.4, -0.2) is 20.4 Å². The highest BCUT2D eigenvalue weighted by Gasteiger charge is 2.15. The van der Waals surface area contributed by atoms with Gasteiger partial charge in [-0.1, -0.05) is 11.6 Å². The van der Waals surface area contributed by atoms with Gasteiger partial charge in [-0.15, -0.1) is 0 Å². The molecule has 0 aliphatic carbocycles. The number of rotatable bonds is 4. The topological polar surface area (TPSA) is 104 Å². The largest absolute Gasteiger partial charge is 0.323 e. The summed E-state index contributed by atoms with van der Waals surface area (Å²) < 4.78 is 25.5. The second-order valence-corrected chi connectivity index (χ2v) is 6.89. The monoisotopic (exact) mass is 367 g/mol. The van der Waals surface area contributed by atoms with Gasteiger partial charge in [-0.3, -0.25) is 4.79 Å². The molecule has 0 unspecified atom stereocenters. The maximum atomic E-state index is 11.9. The zero-order chi connectivity index (χ0) is 17.7. The van der Waals surface area contributed by atoms with Crippen LogP contribution in [0.3, 0.4) is 0 Å². The van der Waals surface area contributed by atoms with Crippen LogP contribution < -0.4 is 15.4 Å². The molecular formula is C15H14ClN3O4S. The number of amides is 3. The van der Waals surface area contributed by atoms with Crippen LogP contribution in [0.4, 0.5) is 16.2 Å². The lowest BCUT2D eigenvalue weighted by atomic mass is 10.3. The van der Waals surface area contributed by atoms with E-state index in [0.29, 0.717) is 16.4 Å². The van der Waals surface area contributed by atoms with Gasteiger partial charge in [0, 0.05) is 23.3 Å². The summed E-state index contributed by atoms with van der Waals surface area (Å²) in [4.78, 5) is 22.7. The fourth-order valence-corrected chi connectivity index (χ4v) is 2.91. The highest BCUT2D eigenvalue weighted by molar-refractivity contribution is 7.90. The molecular weight excluding hydrogens is 354 g/mol. The first-order valence-corrected chi connectivity index (χ1v) is 8.59. The smallest absolute Gasteiger partial charge is 0.308 e. The molecule has 0 saturated carbocycles. The fourth-order valence-electron chi connectivity index (χ4n) is 1.79. The fraction of sp³-hybridized carbons (Fsp3) is 0.0667. The molecule has 2 aromatic carbocycles. The molecule has 0 spiro atoms. The quantitative estimate of drug-likeness (QED) is 0.772.